The van der Waals surface area contributed by atoms with E-state index in [2.05, 4.69) is 0 Å². The van der Waals surface area contributed by atoms with E-state index in [1.54, 1.807) is 12.1 Å². The predicted molar refractivity (Wildman–Crippen MR) is 66.8 cm³/mol. The van der Waals surface area contributed by atoms with Crippen LogP contribution in [-0.4, -0.2) is 6.41 Å². The van der Waals surface area contributed by atoms with Crippen molar-refractivity contribution in [2.45, 2.75) is 6.92 Å². The zero-order valence-corrected chi connectivity index (χ0v) is 9.54. The standard InChI is InChI=1S/C14H13NO2/c1-12-7-5-6-10-14(12)15(11-16)17-13-8-3-2-4-9-13/h2-11H,1H3. The maximum Gasteiger partial charge on any atom is 0.247 e. The van der Waals surface area contributed by atoms with E-state index in [-0.39, 0.29) is 0 Å². The fourth-order valence-electron chi connectivity index (χ4n) is 1.53. The number of anilines is 1. The number of rotatable bonds is 4. The SMILES string of the molecule is Cc1ccccc1N(C=O)Oc1ccccc1. The number of nitrogens with zero attached hydrogens (tertiary/aromatic N) is 1. The van der Waals surface area contributed by atoms with Crippen molar-refractivity contribution in [3.63, 3.8) is 0 Å². The Balaban J connectivity index is 2.24. The molecule has 0 N–H and O–H groups in total. The van der Waals surface area contributed by atoms with Gasteiger partial charge in [0.05, 0.1) is 5.69 Å². The lowest BCUT2D eigenvalue weighted by Crippen LogP contribution is -2.25. The number of aryl methyl sites for hydroxylation is 1. The average Bonchev–Trinajstić information content (AvgIpc) is 2.38. The van der Waals surface area contributed by atoms with Gasteiger partial charge in [-0.1, -0.05) is 36.4 Å². The molecule has 0 fully saturated rings. The number of benzene rings is 2. The molecule has 1 amide bonds. The third-order valence-corrected chi connectivity index (χ3v) is 2.40. The zero-order chi connectivity index (χ0) is 12.1. The van der Waals surface area contributed by atoms with Crippen molar-refractivity contribution >= 4 is 12.1 Å². The molecule has 2 rings (SSSR count). The minimum atomic E-state index is 0.628. The molecular weight excluding hydrogens is 214 g/mol. The van der Waals surface area contributed by atoms with Crippen molar-refractivity contribution in [3.05, 3.63) is 60.2 Å². The largest absolute Gasteiger partial charge is 0.372 e. The van der Waals surface area contributed by atoms with Crippen LogP contribution in [0.15, 0.2) is 54.6 Å². The first-order valence-corrected chi connectivity index (χ1v) is 5.34. The average molecular weight is 227 g/mol. The van der Waals surface area contributed by atoms with Gasteiger partial charge in [0.1, 0.15) is 0 Å². The Hall–Kier alpha value is -2.29. The normalized spacial score (nSPS) is 9.71. The minimum absolute atomic E-state index is 0.628. The molecule has 0 radical (unpaired) electrons. The van der Waals surface area contributed by atoms with Gasteiger partial charge in [0.25, 0.3) is 0 Å². The molecule has 86 valence electrons. The molecule has 2 aromatic rings. The van der Waals surface area contributed by atoms with Crippen LogP contribution >= 0.6 is 0 Å². The topological polar surface area (TPSA) is 29.5 Å². The molecule has 0 heterocycles. The maximum absolute atomic E-state index is 11.1. The smallest absolute Gasteiger partial charge is 0.247 e. The fourth-order valence-corrected chi connectivity index (χ4v) is 1.53. The summed E-state index contributed by atoms with van der Waals surface area (Å²) in [5, 5.41) is 1.23. The van der Waals surface area contributed by atoms with Crippen LogP contribution in [0.1, 0.15) is 5.56 Å². The number of hydrogen-bond acceptors (Lipinski definition) is 2. The summed E-state index contributed by atoms with van der Waals surface area (Å²) < 4.78 is 0. The molecule has 3 nitrogen and oxygen atoms in total. The molecule has 0 bridgehead atoms. The van der Waals surface area contributed by atoms with E-state index in [0.29, 0.717) is 12.2 Å². The second kappa shape index (κ2) is 5.16. The molecule has 0 spiro atoms. The fraction of sp³-hybridized carbons (Fsp3) is 0.0714. The lowest BCUT2D eigenvalue weighted by molar-refractivity contribution is -0.111. The third kappa shape index (κ3) is 2.64. The molecule has 0 aliphatic heterocycles. The summed E-state index contributed by atoms with van der Waals surface area (Å²) >= 11 is 0. The molecule has 0 saturated heterocycles. The van der Waals surface area contributed by atoms with Gasteiger partial charge in [-0.2, -0.15) is 0 Å². The number of hydroxylamine groups is 1. The summed E-state index contributed by atoms with van der Waals surface area (Å²) in [5.41, 5.74) is 1.72. The Bertz CT molecular complexity index is 497. The lowest BCUT2D eigenvalue weighted by atomic mass is 10.2. The molecule has 0 aliphatic rings. The highest BCUT2D eigenvalue weighted by Gasteiger charge is 2.09. The summed E-state index contributed by atoms with van der Waals surface area (Å²) in [4.78, 5) is 16.6. The summed E-state index contributed by atoms with van der Waals surface area (Å²) in [6.45, 7) is 1.93. The van der Waals surface area contributed by atoms with E-state index in [9.17, 15) is 4.79 Å². The van der Waals surface area contributed by atoms with Crippen LogP contribution < -0.4 is 9.90 Å². The van der Waals surface area contributed by atoms with Gasteiger partial charge in [-0.3, -0.25) is 4.79 Å². The first-order valence-electron chi connectivity index (χ1n) is 5.34. The van der Waals surface area contributed by atoms with Gasteiger partial charge in [0.15, 0.2) is 5.75 Å². The van der Waals surface area contributed by atoms with E-state index in [4.69, 9.17) is 4.84 Å². The van der Waals surface area contributed by atoms with Gasteiger partial charge >= 0.3 is 0 Å². The van der Waals surface area contributed by atoms with Crippen LogP contribution in [0, 0.1) is 6.92 Å². The molecule has 0 atom stereocenters. The summed E-state index contributed by atoms with van der Waals surface area (Å²) in [6.07, 6.45) is 0.662. The van der Waals surface area contributed by atoms with Crippen LogP contribution in [0.4, 0.5) is 5.69 Å². The first-order chi connectivity index (χ1) is 8.31. The molecule has 3 heteroatoms. The summed E-state index contributed by atoms with van der Waals surface area (Å²) in [7, 11) is 0. The second-order valence-corrected chi connectivity index (χ2v) is 3.62. The molecule has 17 heavy (non-hydrogen) atoms. The Morgan fingerprint density at radius 1 is 1.00 bits per heavy atom. The van der Waals surface area contributed by atoms with Crippen LogP contribution in [0.5, 0.6) is 5.75 Å². The number of carbonyl (C=O) groups excluding carboxylic acids is 1. The van der Waals surface area contributed by atoms with Crippen molar-refractivity contribution in [2.24, 2.45) is 0 Å². The Morgan fingerprint density at radius 2 is 1.65 bits per heavy atom. The van der Waals surface area contributed by atoms with E-state index in [0.717, 1.165) is 11.3 Å². The molecule has 0 unspecified atom stereocenters. The second-order valence-electron chi connectivity index (χ2n) is 3.62. The van der Waals surface area contributed by atoms with Crippen molar-refractivity contribution in [1.82, 2.24) is 0 Å². The third-order valence-electron chi connectivity index (χ3n) is 2.40. The Labute approximate surface area is 100 Å². The van der Waals surface area contributed by atoms with Gasteiger partial charge < -0.3 is 4.84 Å². The van der Waals surface area contributed by atoms with E-state index in [1.165, 1.54) is 5.06 Å². The maximum atomic E-state index is 11.1. The van der Waals surface area contributed by atoms with Gasteiger partial charge in [-0.15, -0.1) is 5.06 Å². The molecule has 0 saturated carbocycles. The highest BCUT2D eigenvalue weighted by molar-refractivity contribution is 5.74. The van der Waals surface area contributed by atoms with Gasteiger partial charge in [0.2, 0.25) is 6.41 Å². The number of para-hydroxylation sites is 2. The van der Waals surface area contributed by atoms with Crippen LogP contribution in [-0.2, 0) is 4.79 Å². The Morgan fingerprint density at radius 3 is 2.29 bits per heavy atom. The number of carbonyl (C=O) groups is 1. The molecule has 0 aliphatic carbocycles. The van der Waals surface area contributed by atoms with E-state index < -0.39 is 0 Å². The first kappa shape index (κ1) is 11.2. The Kier molecular flexibility index (Phi) is 3.40. The van der Waals surface area contributed by atoms with E-state index in [1.807, 2.05) is 49.4 Å². The van der Waals surface area contributed by atoms with E-state index >= 15 is 0 Å². The monoisotopic (exact) mass is 227 g/mol. The molecule has 0 aromatic heterocycles. The number of hydrogen-bond donors (Lipinski definition) is 0. The van der Waals surface area contributed by atoms with Crippen molar-refractivity contribution < 1.29 is 9.63 Å². The van der Waals surface area contributed by atoms with Crippen LogP contribution in [0.3, 0.4) is 0 Å². The van der Waals surface area contributed by atoms with Crippen molar-refractivity contribution in [1.29, 1.82) is 0 Å². The van der Waals surface area contributed by atoms with Gasteiger partial charge in [0, 0.05) is 0 Å². The lowest BCUT2D eigenvalue weighted by Gasteiger charge is -2.19. The molecular formula is C14H13NO2. The zero-order valence-electron chi connectivity index (χ0n) is 9.54. The predicted octanol–water partition coefficient (Wildman–Crippen LogP) is 2.95. The quantitative estimate of drug-likeness (QED) is 0.593. The van der Waals surface area contributed by atoms with Crippen LogP contribution in [0.25, 0.3) is 0 Å². The summed E-state index contributed by atoms with van der Waals surface area (Å²) in [6, 6.07) is 16.8. The van der Waals surface area contributed by atoms with Crippen molar-refractivity contribution in [3.8, 4) is 5.75 Å². The summed E-state index contributed by atoms with van der Waals surface area (Å²) in [5.74, 6) is 0.628. The highest BCUT2D eigenvalue weighted by Crippen LogP contribution is 2.20. The van der Waals surface area contributed by atoms with Crippen LogP contribution in [0.2, 0.25) is 0 Å². The van der Waals surface area contributed by atoms with Gasteiger partial charge in [-0.25, -0.2) is 0 Å². The minimum Gasteiger partial charge on any atom is -0.372 e. The van der Waals surface area contributed by atoms with Gasteiger partial charge in [-0.05, 0) is 30.7 Å². The highest BCUT2D eigenvalue weighted by atomic mass is 16.7. The molecule has 2 aromatic carbocycles. The van der Waals surface area contributed by atoms with Crippen molar-refractivity contribution in [2.75, 3.05) is 5.06 Å². The number of amides is 1.